The maximum atomic E-state index is 11.3. The highest BCUT2D eigenvalue weighted by Gasteiger charge is 2.12. The van der Waals surface area contributed by atoms with E-state index in [1.54, 1.807) is 0 Å². The predicted molar refractivity (Wildman–Crippen MR) is 72.5 cm³/mol. The largest absolute Gasteiger partial charge is 0.376 e. The average Bonchev–Trinajstić information content (AvgIpc) is 2.69. The van der Waals surface area contributed by atoms with Crippen molar-refractivity contribution in [1.82, 2.24) is 10.6 Å². The van der Waals surface area contributed by atoms with Crippen molar-refractivity contribution in [2.75, 3.05) is 26.2 Å². The van der Waals surface area contributed by atoms with Gasteiger partial charge in [-0.25, -0.2) is 0 Å². The minimum Gasteiger partial charge on any atom is -0.376 e. The van der Waals surface area contributed by atoms with Gasteiger partial charge in [-0.15, -0.1) is 0 Å². The number of hydrogen-bond donors (Lipinski definition) is 3. The van der Waals surface area contributed by atoms with Gasteiger partial charge < -0.3 is 21.1 Å². The van der Waals surface area contributed by atoms with Crippen LogP contribution in [-0.4, -0.2) is 44.2 Å². The molecule has 19 heavy (non-hydrogen) atoms. The average molecular weight is 271 g/mol. The Morgan fingerprint density at radius 1 is 1.05 bits per heavy atom. The summed E-state index contributed by atoms with van der Waals surface area (Å²) in [7, 11) is 0. The number of carbonyl (C=O) groups excluding carboxylic acids is 2. The van der Waals surface area contributed by atoms with Gasteiger partial charge in [0.2, 0.25) is 11.8 Å². The molecule has 0 heterocycles. The lowest BCUT2D eigenvalue weighted by Crippen LogP contribution is -2.40. The molecular weight excluding hydrogens is 246 g/mol. The molecule has 0 bridgehead atoms. The van der Waals surface area contributed by atoms with Gasteiger partial charge >= 0.3 is 0 Å². The first-order valence-electron chi connectivity index (χ1n) is 7.07. The van der Waals surface area contributed by atoms with Gasteiger partial charge in [-0.2, -0.15) is 0 Å². The maximum Gasteiger partial charge on any atom is 0.239 e. The van der Waals surface area contributed by atoms with Crippen molar-refractivity contribution in [2.24, 2.45) is 5.73 Å². The molecule has 4 N–H and O–H groups in total. The van der Waals surface area contributed by atoms with Gasteiger partial charge in [0.1, 0.15) is 0 Å². The molecule has 1 fully saturated rings. The summed E-state index contributed by atoms with van der Waals surface area (Å²) in [5.41, 5.74) is 5.11. The molecule has 110 valence electrons. The second-order valence-corrected chi connectivity index (χ2v) is 4.82. The Bertz CT molecular complexity index is 276. The van der Waals surface area contributed by atoms with Gasteiger partial charge in [0.15, 0.2) is 0 Å². The molecule has 0 radical (unpaired) electrons. The summed E-state index contributed by atoms with van der Waals surface area (Å²) >= 11 is 0. The van der Waals surface area contributed by atoms with Crippen molar-refractivity contribution in [1.29, 1.82) is 0 Å². The second kappa shape index (κ2) is 9.75. The molecule has 1 aliphatic rings. The third kappa shape index (κ3) is 7.79. The SMILES string of the molecule is NCC(=O)NCC(=O)NCCOC1CCCCCC1. The van der Waals surface area contributed by atoms with Crippen molar-refractivity contribution in [3.63, 3.8) is 0 Å². The van der Waals surface area contributed by atoms with E-state index >= 15 is 0 Å². The van der Waals surface area contributed by atoms with Crippen LogP contribution >= 0.6 is 0 Å². The first-order valence-corrected chi connectivity index (χ1v) is 7.07. The van der Waals surface area contributed by atoms with Gasteiger partial charge in [-0.1, -0.05) is 25.7 Å². The summed E-state index contributed by atoms with van der Waals surface area (Å²) in [6.07, 6.45) is 7.68. The van der Waals surface area contributed by atoms with E-state index in [2.05, 4.69) is 10.6 Å². The normalized spacial score (nSPS) is 16.7. The zero-order chi connectivity index (χ0) is 13.9. The van der Waals surface area contributed by atoms with Crippen molar-refractivity contribution < 1.29 is 14.3 Å². The molecule has 6 nitrogen and oxygen atoms in total. The van der Waals surface area contributed by atoms with Crippen LogP contribution in [0.3, 0.4) is 0 Å². The first-order chi connectivity index (χ1) is 9.22. The van der Waals surface area contributed by atoms with Crippen molar-refractivity contribution in [2.45, 2.75) is 44.6 Å². The van der Waals surface area contributed by atoms with E-state index in [9.17, 15) is 9.59 Å². The Kier molecular flexibility index (Phi) is 8.16. The van der Waals surface area contributed by atoms with E-state index in [-0.39, 0.29) is 24.9 Å². The lowest BCUT2D eigenvalue weighted by molar-refractivity contribution is -0.125. The fourth-order valence-corrected chi connectivity index (χ4v) is 2.14. The van der Waals surface area contributed by atoms with E-state index in [4.69, 9.17) is 10.5 Å². The van der Waals surface area contributed by atoms with E-state index < -0.39 is 0 Å². The highest BCUT2D eigenvalue weighted by molar-refractivity contribution is 5.85. The monoisotopic (exact) mass is 271 g/mol. The summed E-state index contributed by atoms with van der Waals surface area (Å²) in [5.74, 6) is -0.545. The molecule has 0 spiro atoms. The van der Waals surface area contributed by atoms with Crippen LogP contribution < -0.4 is 16.4 Å². The number of rotatable bonds is 7. The predicted octanol–water partition coefficient (Wildman–Crippen LogP) is -0.0831. The third-order valence-electron chi connectivity index (χ3n) is 3.21. The lowest BCUT2D eigenvalue weighted by atomic mass is 10.1. The molecule has 0 aromatic heterocycles. The molecule has 1 aliphatic carbocycles. The van der Waals surface area contributed by atoms with E-state index in [0.29, 0.717) is 19.3 Å². The highest BCUT2D eigenvalue weighted by atomic mass is 16.5. The van der Waals surface area contributed by atoms with Gasteiger partial charge in [0.05, 0.1) is 25.8 Å². The van der Waals surface area contributed by atoms with Crippen molar-refractivity contribution >= 4 is 11.8 Å². The molecule has 0 saturated heterocycles. The molecule has 1 saturated carbocycles. The van der Waals surface area contributed by atoms with E-state index in [1.807, 2.05) is 0 Å². The third-order valence-corrected chi connectivity index (χ3v) is 3.21. The summed E-state index contributed by atoms with van der Waals surface area (Å²) < 4.78 is 5.74. The number of nitrogens with two attached hydrogens (primary N) is 1. The van der Waals surface area contributed by atoms with Crippen molar-refractivity contribution in [3.05, 3.63) is 0 Å². The van der Waals surface area contributed by atoms with E-state index in [1.165, 1.54) is 25.7 Å². The Morgan fingerprint density at radius 3 is 2.37 bits per heavy atom. The Labute approximate surface area is 114 Å². The summed E-state index contributed by atoms with van der Waals surface area (Å²) in [6.45, 7) is 0.882. The molecular formula is C13H25N3O3. The van der Waals surface area contributed by atoms with E-state index in [0.717, 1.165) is 12.8 Å². The van der Waals surface area contributed by atoms with Crippen LogP contribution in [0, 0.1) is 0 Å². The number of hydrogen-bond acceptors (Lipinski definition) is 4. The number of amides is 2. The topological polar surface area (TPSA) is 93.5 Å². The fraction of sp³-hybridized carbons (Fsp3) is 0.846. The molecule has 2 amide bonds. The molecule has 0 unspecified atom stereocenters. The number of nitrogens with one attached hydrogen (secondary N) is 2. The minimum absolute atomic E-state index is 0.0283. The zero-order valence-corrected chi connectivity index (χ0v) is 11.5. The van der Waals surface area contributed by atoms with Gasteiger partial charge in [-0.3, -0.25) is 9.59 Å². The number of ether oxygens (including phenoxy) is 1. The molecule has 0 aromatic carbocycles. The van der Waals surface area contributed by atoms with Crippen LogP contribution in [0.4, 0.5) is 0 Å². The second-order valence-electron chi connectivity index (χ2n) is 4.82. The molecule has 6 heteroatoms. The zero-order valence-electron chi connectivity index (χ0n) is 11.5. The van der Waals surface area contributed by atoms with Gasteiger partial charge in [0, 0.05) is 6.54 Å². The first kappa shape index (κ1) is 15.9. The smallest absolute Gasteiger partial charge is 0.239 e. The Morgan fingerprint density at radius 2 is 1.74 bits per heavy atom. The minimum atomic E-state index is -0.329. The summed E-state index contributed by atoms with van der Waals surface area (Å²) in [6, 6.07) is 0. The Balaban J connectivity index is 2.00. The summed E-state index contributed by atoms with van der Waals surface area (Å²) in [4.78, 5) is 22.2. The van der Waals surface area contributed by atoms with Crippen LogP contribution in [0.15, 0.2) is 0 Å². The quantitative estimate of drug-likeness (QED) is 0.446. The van der Waals surface area contributed by atoms with Crippen LogP contribution in [-0.2, 0) is 14.3 Å². The van der Waals surface area contributed by atoms with Crippen LogP contribution in [0.25, 0.3) is 0 Å². The molecule has 0 aliphatic heterocycles. The molecule has 0 atom stereocenters. The van der Waals surface area contributed by atoms with Crippen LogP contribution in [0.1, 0.15) is 38.5 Å². The van der Waals surface area contributed by atoms with Gasteiger partial charge in [-0.05, 0) is 12.8 Å². The molecule has 0 aromatic rings. The lowest BCUT2D eigenvalue weighted by Gasteiger charge is -2.15. The number of carbonyl (C=O) groups is 2. The summed E-state index contributed by atoms with van der Waals surface area (Å²) in [5, 5.41) is 5.11. The van der Waals surface area contributed by atoms with Crippen LogP contribution in [0.5, 0.6) is 0 Å². The van der Waals surface area contributed by atoms with Gasteiger partial charge in [0.25, 0.3) is 0 Å². The van der Waals surface area contributed by atoms with Crippen molar-refractivity contribution in [3.8, 4) is 0 Å². The maximum absolute atomic E-state index is 11.3. The Hall–Kier alpha value is -1.14. The fourth-order valence-electron chi connectivity index (χ4n) is 2.14. The molecule has 1 rings (SSSR count). The standard InChI is InChI=1S/C13H25N3O3/c14-9-12(17)16-10-13(18)15-7-8-19-11-5-3-1-2-4-6-11/h11H,1-10,14H2,(H,15,18)(H,16,17). The van der Waals surface area contributed by atoms with Crippen LogP contribution in [0.2, 0.25) is 0 Å². The highest BCUT2D eigenvalue weighted by Crippen LogP contribution is 2.19.